The van der Waals surface area contributed by atoms with Gasteiger partial charge in [-0.3, -0.25) is 9.59 Å². The maximum Gasteiger partial charge on any atom is 0.245 e. The van der Waals surface area contributed by atoms with Gasteiger partial charge in [0.15, 0.2) is 0 Å². The predicted molar refractivity (Wildman–Crippen MR) is 62.0 cm³/mol. The number of rotatable bonds is 3. The van der Waals surface area contributed by atoms with Gasteiger partial charge in [0.2, 0.25) is 11.8 Å². The minimum atomic E-state index is -0.322. The molecule has 1 N–H and O–H groups in total. The number of carbonyl (C=O) groups excluding carboxylic acids is 2. The van der Waals surface area contributed by atoms with E-state index in [1.54, 1.807) is 23.3 Å². The van der Waals surface area contributed by atoms with Crippen molar-refractivity contribution in [3.05, 3.63) is 22.4 Å². The Labute approximate surface area is 98.3 Å². The summed E-state index contributed by atoms with van der Waals surface area (Å²) >= 11 is 1.63. The minimum absolute atomic E-state index is 0.000694. The van der Waals surface area contributed by atoms with Gasteiger partial charge in [0.05, 0.1) is 6.54 Å². The summed E-state index contributed by atoms with van der Waals surface area (Å²) in [7, 11) is 1.77. The monoisotopic (exact) mass is 238 g/mol. The summed E-state index contributed by atoms with van der Waals surface area (Å²) in [5.41, 5.74) is 0. The molecule has 1 fully saturated rings. The number of carbonyl (C=O) groups is 2. The average Bonchev–Trinajstić information content (AvgIpc) is 2.88. The van der Waals surface area contributed by atoms with Crippen LogP contribution in [0.2, 0.25) is 0 Å². The van der Waals surface area contributed by atoms with Crippen LogP contribution in [0.4, 0.5) is 0 Å². The van der Waals surface area contributed by atoms with E-state index in [1.807, 2.05) is 17.5 Å². The second-order valence-corrected chi connectivity index (χ2v) is 4.96. The lowest BCUT2D eigenvalue weighted by Gasteiger charge is -2.20. The Bertz CT molecular complexity index is 389. The first-order valence-electron chi connectivity index (χ1n) is 5.23. The molecule has 86 valence electrons. The van der Waals surface area contributed by atoms with Gasteiger partial charge >= 0.3 is 0 Å². The van der Waals surface area contributed by atoms with Gasteiger partial charge < -0.3 is 10.2 Å². The molecule has 2 heterocycles. The molecule has 1 aromatic heterocycles. The number of likely N-dealkylation sites (N-methyl/N-ethyl adjacent to an activating group) is 1. The molecule has 0 aliphatic carbocycles. The van der Waals surface area contributed by atoms with Crippen LogP contribution < -0.4 is 5.32 Å². The summed E-state index contributed by atoms with van der Waals surface area (Å²) in [5.74, 6) is -0.0258. The van der Waals surface area contributed by atoms with Crippen molar-refractivity contribution in [1.82, 2.24) is 10.2 Å². The zero-order valence-corrected chi connectivity index (χ0v) is 9.92. The number of nitrogens with one attached hydrogen (secondary N) is 1. The molecule has 0 spiro atoms. The lowest BCUT2D eigenvalue weighted by Crippen LogP contribution is -2.42. The Hall–Kier alpha value is -1.36. The zero-order chi connectivity index (χ0) is 11.5. The number of hydrogen-bond acceptors (Lipinski definition) is 3. The van der Waals surface area contributed by atoms with Crippen LogP contribution in [0.3, 0.4) is 0 Å². The number of thiophene rings is 1. The molecule has 16 heavy (non-hydrogen) atoms. The molecule has 5 heteroatoms. The van der Waals surface area contributed by atoms with E-state index in [1.165, 1.54) is 0 Å². The van der Waals surface area contributed by atoms with Crippen LogP contribution in [0.1, 0.15) is 17.7 Å². The van der Waals surface area contributed by atoms with Crippen molar-refractivity contribution in [1.29, 1.82) is 0 Å². The van der Waals surface area contributed by atoms with Gasteiger partial charge in [-0.2, -0.15) is 0 Å². The predicted octanol–water partition coefficient (Wildman–Crippen LogP) is 0.985. The van der Waals surface area contributed by atoms with Gasteiger partial charge in [-0.15, -0.1) is 11.3 Å². The molecule has 0 saturated carbocycles. The average molecular weight is 238 g/mol. The third kappa shape index (κ3) is 2.41. The fourth-order valence-electron chi connectivity index (χ4n) is 1.78. The molecule has 0 aromatic carbocycles. The molecule has 0 radical (unpaired) electrons. The normalized spacial score (nSPS) is 19.6. The Morgan fingerprint density at radius 1 is 1.69 bits per heavy atom. The van der Waals surface area contributed by atoms with Crippen LogP contribution in [0.25, 0.3) is 0 Å². The summed E-state index contributed by atoms with van der Waals surface area (Å²) in [5, 5.41) is 4.68. The zero-order valence-electron chi connectivity index (χ0n) is 9.10. The molecule has 2 rings (SSSR count). The molecular weight excluding hydrogens is 224 g/mol. The first-order valence-corrected chi connectivity index (χ1v) is 6.11. The Balaban J connectivity index is 1.92. The van der Waals surface area contributed by atoms with Gasteiger partial charge in [0.1, 0.15) is 6.04 Å². The lowest BCUT2D eigenvalue weighted by atomic mass is 10.2. The van der Waals surface area contributed by atoms with E-state index in [4.69, 9.17) is 0 Å². The number of hydrogen-bond donors (Lipinski definition) is 1. The topological polar surface area (TPSA) is 49.4 Å². The Morgan fingerprint density at radius 3 is 3.06 bits per heavy atom. The van der Waals surface area contributed by atoms with Crippen LogP contribution >= 0.6 is 11.3 Å². The minimum Gasteiger partial charge on any atom is -0.344 e. The fourth-order valence-corrected chi connectivity index (χ4v) is 2.54. The van der Waals surface area contributed by atoms with Crippen LogP contribution in [0, 0.1) is 0 Å². The van der Waals surface area contributed by atoms with Gasteiger partial charge in [-0.25, -0.2) is 0 Å². The Morgan fingerprint density at radius 2 is 2.50 bits per heavy atom. The SMILES string of the molecule is CN(Cc1cccs1)C(=O)C1CCC(=O)N1. The van der Waals surface area contributed by atoms with Crippen molar-refractivity contribution in [2.24, 2.45) is 0 Å². The van der Waals surface area contributed by atoms with E-state index in [-0.39, 0.29) is 17.9 Å². The highest BCUT2D eigenvalue weighted by atomic mass is 32.1. The first-order chi connectivity index (χ1) is 7.66. The van der Waals surface area contributed by atoms with Crippen molar-refractivity contribution < 1.29 is 9.59 Å². The highest BCUT2D eigenvalue weighted by molar-refractivity contribution is 7.09. The van der Waals surface area contributed by atoms with Crippen molar-refractivity contribution in [2.75, 3.05) is 7.05 Å². The number of amides is 2. The lowest BCUT2D eigenvalue weighted by molar-refractivity contribution is -0.133. The van der Waals surface area contributed by atoms with Crippen LogP contribution in [0.5, 0.6) is 0 Å². The van der Waals surface area contributed by atoms with Gasteiger partial charge in [0, 0.05) is 18.3 Å². The molecule has 4 nitrogen and oxygen atoms in total. The highest BCUT2D eigenvalue weighted by Gasteiger charge is 2.29. The second kappa shape index (κ2) is 4.65. The van der Waals surface area contributed by atoms with E-state index in [9.17, 15) is 9.59 Å². The Kier molecular flexibility index (Phi) is 3.24. The summed E-state index contributed by atoms with van der Waals surface area (Å²) in [6, 6.07) is 3.65. The molecule has 1 unspecified atom stereocenters. The van der Waals surface area contributed by atoms with Crippen LogP contribution in [-0.2, 0) is 16.1 Å². The van der Waals surface area contributed by atoms with E-state index >= 15 is 0 Å². The quantitative estimate of drug-likeness (QED) is 0.853. The smallest absolute Gasteiger partial charge is 0.245 e. The third-order valence-electron chi connectivity index (χ3n) is 2.64. The molecule has 1 saturated heterocycles. The van der Waals surface area contributed by atoms with E-state index in [2.05, 4.69) is 5.32 Å². The summed E-state index contributed by atoms with van der Waals surface area (Å²) in [6.07, 6.45) is 1.08. The molecule has 1 atom stereocenters. The number of nitrogens with zero attached hydrogens (tertiary/aromatic N) is 1. The third-order valence-corrected chi connectivity index (χ3v) is 3.50. The van der Waals surface area contributed by atoms with Gasteiger partial charge in [-0.1, -0.05) is 6.07 Å². The van der Waals surface area contributed by atoms with Crippen LogP contribution in [0.15, 0.2) is 17.5 Å². The molecule has 0 bridgehead atoms. The van der Waals surface area contributed by atoms with Crippen molar-refractivity contribution >= 4 is 23.2 Å². The largest absolute Gasteiger partial charge is 0.344 e. The van der Waals surface area contributed by atoms with Gasteiger partial charge in [-0.05, 0) is 17.9 Å². The molecular formula is C11H14N2O2S. The van der Waals surface area contributed by atoms with E-state index in [0.29, 0.717) is 19.4 Å². The molecule has 1 aliphatic heterocycles. The standard InChI is InChI=1S/C11H14N2O2S/c1-13(7-8-3-2-6-16-8)11(15)9-4-5-10(14)12-9/h2-3,6,9H,4-5,7H2,1H3,(H,12,14). The second-order valence-electron chi connectivity index (χ2n) is 3.93. The van der Waals surface area contributed by atoms with Crippen molar-refractivity contribution in [2.45, 2.75) is 25.4 Å². The highest BCUT2D eigenvalue weighted by Crippen LogP contribution is 2.14. The van der Waals surface area contributed by atoms with E-state index < -0.39 is 0 Å². The summed E-state index contributed by atoms with van der Waals surface area (Å²) in [4.78, 5) is 25.8. The fraction of sp³-hybridized carbons (Fsp3) is 0.455. The van der Waals surface area contributed by atoms with Crippen molar-refractivity contribution in [3.63, 3.8) is 0 Å². The molecule has 1 aliphatic rings. The summed E-state index contributed by atoms with van der Waals surface area (Å²) in [6.45, 7) is 0.614. The van der Waals surface area contributed by atoms with Crippen LogP contribution in [-0.4, -0.2) is 29.8 Å². The maximum absolute atomic E-state index is 11.9. The molecule has 1 aromatic rings. The summed E-state index contributed by atoms with van der Waals surface area (Å²) < 4.78 is 0. The first kappa shape index (κ1) is 11.1. The molecule has 2 amide bonds. The maximum atomic E-state index is 11.9. The van der Waals surface area contributed by atoms with E-state index in [0.717, 1.165) is 4.88 Å². The van der Waals surface area contributed by atoms with Gasteiger partial charge in [0.25, 0.3) is 0 Å². The van der Waals surface area contributed by atoms with Crippen molar-refractivity contribution in [3.8, 4) is 0 Å².